The average Bonchev–Trinajstić information content (AvgIpc) is 3.05. The van der Waals surface area contributed by atoms with Gasteiger partial charge in [0.2, 0.25) is 0 Å². The minimum absolute atomic E-state index is 0. The van der Waals surface area contributed by atoms with Gasteiger partial charge in [-0.05, 0) is 0 Å². The normalized spacial score (nSPS) is 34.7. The van der Waals surface area contributed by atoms with Gasteiger partial charge in [-0.1, -0.05) is 0 Å². The molecule has 0 amide bonds. The third-order valence-corrected chi connectivity index (χ3v) is 7.63. The third kappa shape index (κ3) is 10.1. The topological polar surface area (TPSA) is 323 Å². The number of hydrogen-bond donors (Lipinski definition) is 6. The maximum atomic E-state index is 12.0. The molecule has 2 aliphatic heterocycles. The minimum atomic E-state index is -6.06. The van der Waals surface area contributed by atoms with Gasteiger partial charge < -0.3 is 59.2 Å². The molecular weight excluding hydrogens is 627 g/mol. The van der Waals surface area contributed by atoms with Crippen LogP contribution in [0.15, 0.2) is 21.9 Å². The van der Waals surface area contributed by atoms with Crippen LogP contribution in [0.4, 0.5) is 0 Å². The van der Waals surface area contributed by atoms with E-state index in [0.29, 0.717) is 4.57 Å². The van der Waals surface area contributed by atoms with Gasteiger partial charge in [-0.15, -0.1) is 0 Å². The number of aromatic amines is 1. The Hall–Kier alpha value is 1.13. The van der Waals surface area contributed by atoms with Crippen LogP contribution in [0.2, 0.25) is 0 Å². The Bertz CT molecular complexity index is 1220. The fourth-order valence-electron chi connectivity index (χ4n) is 3.31. The zero-order valence-corrected chi connectivity index (χ0v) is 28.7. The molecule has 3 heterocycles. The monoisotopic (exact) mass is 646 g/mol. The zero-order chi connectivity index (χ0) is 27.9. The van der Waals surface area contributed by atoms with Crippen molar-refractivity contribution in [2.45, 2.75) is 55.2 Å². The molecule has 3 rings (SSSR count). The van der Waals surface area contributed by atoms with Gasteiger partial charge in [-0.2, -0.15) is 0 Å². The fraction of sp³-hybridized carbons (Fsp3) is 0.667. The van der Waals surface area contributed by atoms with Gasteiger partial charge in [0.15, 0.2) is 12.5 Å². The molecule has 0 aromatic carbocycles. The molecule has 25 heteroatoms. The van der Waals surface area contributed by atoms with Gasteiger partial charge in [-0.25, -0.2) is 9.11 Å². The van der Waals surface area contributed by atoms with E-state index in [1.807, 2.05) is 4.98 Å². The number of H-pyrrole nitrogens is 1. The van der Waals surface area contributed by atoms with Crippen molar-refractivity contribution in [3.63, 3.8) is 0 Å². The number of carbonyl (C=O) groups is 1. The number of carboxylic acids is 1. The summed E-state index contributed by atoms with van der Waals surface area (Å²) in [5.74, 6) is -2.13. The van der Waals surface area contributed by atoms with Crippen molar-refractivity contribution in [1.82, 2.24) is 9.55 Å². The second-order valence-corrected chi connectivity index (χ2v) is 10.6. The van der Waals surface area contributed by atoms with Crippen LogP contribution in [-0.4, -0.2) is 96.7 Å². The quantitative estimate of drug-likeness (QED) is 0.107. The number of nitrogens with one attached hydrogen (secondary N) is 1. The zero-order valence-electron chi connectivity index (χ0n) is 20.9. The summed E-state index contributed by atoms with van der Waals surface area (Å²) in [6.45, 7) is -1.17. The minimum Gasteiger partial charge on any atom is -0.756 e. The van der Waals surface area contributed by atoms with Gasteiger partial charge in [0, 0.05) is 12.3 Å². The molecule has 7 unspecified atom stereocenters. The van der Waals surface area contributed by atoms with Gasteiger partial charge in [0.05, 0.1) is 12.6 Å². The Morgan fingerprint density at radius 2 is 1.55 bits per heavy atom. The van der Waals surface area contributed by atoms with E-state index in [-0.39, 0.29) is 88.7 Å². The number of aliphatic hydroxyl groups is 5. The third-order valence-electron chi connectivity index (χ3n) is 5.09. The average molecular weight is 646 g/mol. The van der Waals surface area contributed by atoms with E-state index in [2.05, 4.69) is 18.1 Å². The smallest absolute Gasteiger partial charge is 0.756 e. The molecule has 0 aliphatic carbocycles. The van der Waals surface area contributed by atoms with Crippen molar-refractivity contribution in [3.05, 3.63) is 33.1 Å². The molecule has 20 nitrogen and oxygen atoms in total. The molecule has 0 bridgehead atoms. The van der Waals surface area contributed by atoms with Gasteiger partial charge in [0.1, 0.15) is 42.7 Å². The molecule has 11 atom stereocenters. The predicted molar refractivity (Wildman–Crippen MR) is 102 cm³/mol. The van der Waals surface area contributed by atoms with Crippen molar-refractivity contribution in [1.29, 1.82) is 0 Å². The van der Waals surface area contributed by atoms with Gasteiger partial charge in [-0.3, -0.25) is 28.0 Å². The van der Waals surface area contributed by atoms with Crippen molar-refractivity contribution < 1.29 is 166 Å². The van der Waals surface area contributed by atoms with Crippen LogP contribution in [0.5, 0.6) is 0 Å². The van der Waals surface area contributed by atoms with E-state index in [0.717, 1.165) is 12.3 Å². The van der Waals surface area contributed by atoms with Crippen molar-refractivity contribution >= 4 is 21.6 Å². The number of ether oxygens (including phenoxy) is 2. The summed E-state index contributed by atoms with van der Waals surface area (Å²) in [5.41, 5.74) is -1.83. The standard InChI is InChI=1S/C15H22N2O18P2.3Na/c18-5-1-2-17(15(26)16-5)12-9(22)6(19)4(32-12)3-31-36(27,28)35-37(29,30)34-14-10(23)7(20)8(21)11(33-14)13(24)25;;;/h1-2,4,6-12,14,19-23H,3H2,(H,24,25)(H,27,28)(H,29,30)(H,16,18,26);;;/q;3*+1/p-3/t4-,6-,7?,8?,9-,10?,11?,12-,14?;;;/m1.../s1. The number of aromatic nitrogens is 2. The second kappa shape index (κ2) is 16.4. The maximum absolute atomic E-state index is 12.0. The molecule has 40 heavy (non-hydrogen) atoms. The first kappa shape index (κ1) is 41.1. The Labute approximate surface area is 289 Å². The van der Waals surface area contributed by atoms with Crippen LogP contribution in [0, 0.1) is 0 Å². The van der Waals surface area contributed by atoms with E-state index in [9.17, 15) is 63.9 Å². The predicted octanol–water partition coefficient (Wildman–Crippen LogP) is -16.3. The van der Waals surface area contributed by atoms with Crippen LogP contribution in [0.25, 0.3) is 0 Å². The summed E-state index contributed by atoms with van der Waals surface area (Å²) in [4.78, 5) is 59.8. The van der Waals surface area contributed by atoms with Crippen molar-refractivity contribution in [2.24, 2.45) is 0 Å². The molecule has 1 aromatic heterocycles. The summed E-state index contributed by atoms with van der Waals surface area (Å²) < 4.78 is 46.5. The summed E-state index contributed by atoms with van der Waals surface area (Å²) in [6, 6.07) is 0.890. The largest absolute Gasteiger partial charge is 1.00 e. The molecule has 0 saturated carbocycles. The Morgan fingerprint density at radius 1 is 0.950 bits per heavy atom. The molecule has 1 aromatic rings. The Kier molecular flexibility index (Phi) is 16.9. The number of carbonyl (C=O) groups excluding carboxylic acids is 1. The number of rotatable bonds is 9. The number of carboxylic acid groups (broad SMARTS) is 1. The number of nitrogens with zero attached hydrogens (tertiary/aromatic N) is 1. The Balaban J connectivity index is 0.00000507. The summed E-state index contributed by atoms with van der Waals surface area (Å²) in [7, 11) is -11.9. The SMILES string of the molecule is O=C([O-])C1OC(OP(=O)([O-])OP(=O)([O-])OC[C@H]2O[C@@H](n3ccc(=O)[nH]c3=O)[C@H](O)[C@@H]2O)C(O)C(O)C1O.[Na+].[Na+].[Na+]. The van der Waals surface area contributed by atoms with Crippen LogP contribution in [0.3, 0.4) is 0 Å². The van der Waals surface area contributed by atoms with E-state index < -0.39 is 94.7 Å². The number of phosphoric acid groups is 2. The van der Waals surface area contributed by atoms with Gasteiger partial charge >= 0.3 is 94.4 Å². The molecule has 0 spiro atoms. The first-order valence-electron chi connectivity index (χ1n) is 9.93. The summed E-state index contributed by atoms with van der Waals surface area (Å²) in [6.07, 6.45) is -18.0. The molecule has 0 radical (unpaired) electrons. The van der Waals surface area contributed by atoms with Gasteiger partial charge in [0.25, 0.3) is 21.2 Å². The Morgan fingerprint density at radius 3 is 2.10 bits per heavy atom. The molecule has 2 aliphatic rings. The first-order chi connectivity index (χ1) is 17.0. The first-order valence-corrected chi connectivity index (χ1v) is 12.8. The van der Waals surface area contributed by atoms with E-state index in [4.69, 9.17) is 4.74 Å². The van der Waals surface area contributed by atoms with Crippen LogP contribution < -0.4 is 115 Å². The molecular formula is C15H19N2Na3O18P2. The maximum Gasteiger partial charge on any atom is 1.00 e. The van der Waals surface area contributed by atoms with Crippen LogP contribution >= 0.6 is 15.6 Å². The van der Waals surface area contributed by atoms with E-state index in [1.165, 1.54) is 0 Å². The number of aliphatic carboxylic acids is 1. The summed E-state index contributed by atoms with van der Waals surface area (Å²) in [5, 5.41) is 60.0. The fourth-order valence-corrected chi connectivity index (χ4v) is 5.39. The summed E-state index contributed by atoms with van der Waals surface area (Å²) >= 11 is 0. The molecule has 2 saturated heterocycles. The van der Waals surface area contributed by atoms with E-state index in [1.54, 1.807) is 0 Å². The number of aliphatic hydroxyl groups excluding tert-OH is 5. The van der Waals surface area contributed by atoms with Crippen molar-refractivity contribution in [2.75, 3.05) is 6.61 Å². The van der Waals surface area contributed by atoms with Crippen LogP contribution in [0.1, 0.15) is 6.23 Å². The second-order valence-electron chi connectivity index (χ2n) is 7.66. The number of hydrogen-bond acceptors (Lipinski definition) is 18. The van der Waals surface area contributed by atoms with Crippen LogP contribution in [-0.2, 0) is 36.8 Å². The van der Waals surface area contributed by atoms with E-state index >= 15 is 0 Å². The van der Waals surface area contributed by atoms with Crippen molar-refractivity contribution in [3.8, 4) is 0 Å². The molecule has 6 N–H and O–H groups in total. The number of phosphoric ester groups is 2. The molecule has 2 fully saturated rings. The molecule has 210 valence electrons.